The molecule has 22 heavy (non-hydrogen) atoms. The summed E-state index contributed by atoms with van der Waals surface area (Å²) in [5.74, 6) is 0. The van der Waals surface area contributed by atoms with Crippen LogP contribution in [0.15, 0.2) is 0 Å². The molecule has 128 valence electrons. The van der Waals surface area contributed by atoms with E-state index in [4.69, 9.17) is 42.6 Å². The molecule has 0 aromatic heterocycles. The Bertz CT molecular complexity index is 359. The number of ether oxygens (including phenoxy) is 9. The average molecular weight is 322 g/mol. The number of methoxy groups -OCH3 is 4. The standard InChI is InChI=1S/C13H22O9/c1-14-10(15-2)12-18-5-6-7(20-12)8-9(19-6)22-13(21-8)11(16-3)17-4/h6-13H,5H2,1-4H3. The summed E-state index contributed by atoms with van der Waals surface area (Å²) in [5, 5.41) is 0. The summed E-state index contributed by atoms with van der Waals surface area (Å²) in [4.78, 5) is 0. The molecule has 3 aliphatic rings. The van der Waals surface area contributed by atoms with Crippen LogP contribution in [0.5, 0.6) is 0 Å². The van der Waals surface area contributed by atoms with Gasteiger partial charge in [0.05, 0.1) is 6.61 Å². The van der Waals surface area contributed by atoms with Gasteiger partial charge in [0, 0.05) is 28.4 Å². The van der Waals surface area contributed by atoms with Gasteiger partial charge in [0.25, 0.3) is 0 Å². The van der Waals surface area contributed by atoms with Gasteiger partial charge in [-0.15, -0.1) is 0 Å². The largest absolute Gasteiger partial charge is 0.351 e. The lowest BCUT2D eigenvalue weighted by Gasteiger charge is -2.36. The maximum Gasteiger partial charge on any atom is 0.212 e. The monoisotopic (exact) mass is 322 g/mol. The van der Waals surface area contributed by atoms with Crippen molar-refractivity contribution in [1.29, 1.82) is 0 Å². The molecule has 0 aromatic carbocycles. The summed E-state index contributed by atoms with van der Waals surface area (Å²) in [7, 11) is 6.07. The number of rotatable bonds is 6. The molecule has 3 aliphatic heterocycles. The second-order valence-corrected chi connectivity index (χ2v) is 5.13. The number of hydrogen-bond acceptors (Lipinski definition) is 9. The van der Waals surface area contributed by atoms with Gasteiger partial charge < -0.3 is 42.6 Å². The Hall–Kier alpha value is -0.360. The molecule has 3 heterocycles. The van der Waals surface area contributed by atoms with Crippen LogP contribution in [0.2, 0.25) is 0 Å². The van der Waals surface area contributed by atoms with E-state index in [1.54, 1.807) is 0 Å². The maximum absolute atomic E-state index is 5.88. The van der Waals surface area contributed by atoms with E-state index in [0.717, 1.165) is 0 Å². The first-order valence-corrected chi connectivity index (χ1v) is 7.06. The van der Waals surface area contributed by atoms with Crippen molar-refractivity contribution in [2.24, 2.45) is 0 Å². The second kappa shape index (κ2) is 7.04. The highest BCUT2D eigenvalue weighted by Gasteiger charge is 2.57. The molecular formula is C13H22O9. The van der Waals surface area contributed by atoms with E-state index in [9.17, 15) is 0 Å². The lowest BCUT2D eigenvalue weighted by molar-refractivity contribution is -0.337. The summed E-state index contributed by atoms with van der Waals surface area (Å²) in [6, 6.07) is 0. The maximum atomic E-state index is 5.88. The van der Waals surface area contributed by atoms with Gasteiger partial charge in [-0.3, -0.25) is 0 Å². The summed E-state index contributed by atoms with van der Waals surface area (Å²) in [6.45, 7) is 0.348. The predicted molar refractivity (Wildman–Crippen MR) is 68.6 cm³/mol. The molecule has 0 N–H and O–H groups in total. The molecule has 0 bridgehead atoms. The zero-order valence-corrected chi connectivity index (χ0v) is 13.0. The van der Waals surface area contributed by atoms with Gasteiger partial charge in [0.15, 0.2) is 6.29 Å². The Morgan fingerprint density at radius 2 is 1.32 bits per heavy atom. The van der Waals surface area contributed by atoms with Crippen LogP contribution < -0.4 is 0 Å². The first kappa shape index (κ1) is 16.5. The molecule has 3 rings (SSSR count). The molecule has 3 saturated heterocycles. The summed E-state index contributed by atoms with van der Waals surface area (Å²) in [5.41, 5.74) is 0. The average Bonchev–Trinajstić information content (AvgIpc) is 3.08. The van der Waals surface area contributed by atoms with E-state index in [1.165, 1.54) is 28.4 Å². The molecule has 0 aliphatic carbocycles. The Morgan fingerprint density at radius 1 is 0.727 bits per heavy atom. The van der Waals surface area contributed by atoms with Crippen molar-refractivity contribution in [3.63, 3.8) is 0 Å². The van der Waals surface area contributed by atoms with Gasteiger partial charge in [-0.25, -0.2) is 0 Å². The van der Waals surface area contributed by atoms with Crippen LogP contribution in [0, 0.1) is 0 Å². The fraction of sp³-hybridized carbons (Fsp3) is 1.00. The highest BCUT2D eigenvalue weighted by Crippen LogP contribution is 2.38. The molecule has 6 unspecified atom stereocenters. The SMILES string of the molecule is COC(OC)C1OCC2OC3OC(C(OC)OC)OC3C2O1. The first-order valence-electron chi connectivity index (χ1n) is 7.06. The molecule has 0 amide bonds. The molecular weight excluding hydrogens is 300 g/mol. The lowest BCUT2D eigenvalue weighted by Crippen LogP contribution is -2.51. The quantitative estimate of drug-likeness (QED) is 0.597. The third kappa shape index (κ3) is 2.88. The van der Waals surface area contributed by atoms with Crippen LogP contribution in [0.3, 0.4) is 0 Å². The predicted octanol–water partition coefficient (Wildman–Crippen LogP) is -0.568. The Morgan fingerprint density at radius 3 is 1.95 bits per heavy atom. The Balaban J connectivity index is 1.64. The van der Waals surface area contributed by atoms with Gasteiger partial charge in [-0.05, 0) is 0 Å². The summed E-state index contributed by atoms with van der Waals surface area (Å²) in [6.07, 6.45) is -4.10. The van der Waals surface area contributed by atoms with Crippen molar-refractivity contribution < 1.29 is 42.6 Å². The van der Waals surface area contributed by atoms with E-state index < -0.39 is 31.5 Å². The number of fused-ring (bicyclic) bond motifs is 3. The lowest BCUT2D eigenvalue weighted by atomic mass is 10.1. The van der Waals surface area contributed by atoms with Crippen molar-refractivity contribution in [3.8, 4) is 0 Å². The van der Waals surface area contributed by atoms with E-state index in [1.807, 2.05) is 0 Å². The zero-order valence-electron chi connectivity index (χ0n) is 13.0. The summed E-state index contributed by atoms with van der Waals surface area (Å²) >= 11 is 0. The van der Waals surface area contributed by atoms with Gasteiger partial charge in [-0.2, -0.15) is 0 Å². The van der Waals surface area contributed by atoms with Crippen LogP contribution in [-0.4, -0.2) is 84.8 Å². The Labute approximate surface area is 128 Å². The van der Waals surface area contributed by atoms with Gasteiger partial charge in [0.1, 0.15) is 18.3 Å². The van der Waals surface area contributed by atoms with Gasteiger partial charge in [-0.1, -0.05) is 0 Å². The minimum Gasteiger partial charge on any atom is -0.351 e. The topological polar surface area (TPSA) is 83.1 Å². The minimum absolute atomic E-state index is 0.259. The fourth-order valence-corrected chi connectivity index (χ4v) is 2.85. The molecule has 0 radical (unpaired) electrons. The highest BCUT2D eigenvalue weighted by molar-refractivity contribution is 4.94. The number of hydrogen-bond donors (Lipinski definition) is 0. The van der Waals surface area contributed by atoms with Crippen LogP contribution in [-0.2, 0) is 42.6 Å². The van der Waals surface area contributed by atoms with Crippen molar-refractivity contribution in [3.05, 3.63) is 0 Å². The van der Waals surface area contributed by atoms with Crippen LogP contribution in [0.4, 0.5) is 0 Å². The van der Waals surface area contributed by atoms with Crippen LogP contribution in [0.1, 0.15) is 0 Å². The zero-order chi connectivity index (χ0) is 15.7. The third-order valence-corrected chi connectivity index (χ3v) is 3.92. The molecule has 0 aromatic rings. The smallest absolute Gasteiger partial charge is 0.212 e. The van der Waals surface area contributed by atoms with E-state index in [-0.39, 0.29) is 18.3 Å². The van der Waals surface area contributed by atoms with Crippen molar-refractivity contribution in [1.82, 2.24) is 0 Å². The van der Waals surface area contributed by atoms with E-state index in [2.05, 4.69) is 0 Å². The molecule has 9 nitrogen and oxygen atoms in total. The summed E-state index contributed by atoms with van der Waals surface area (Å²) < 4.78 is 49.3. The second-order valence-electron chi connectivity index (χ2n) is 5.13. The molecule has 0 saturated carbocycles. The Kier molecular flexibility index (Phi) is 5.28. The van der Waals surface area contributed by atoms with Crippen LogP contribution in [0.25, 0.3) is 0 Å². The van der Waals surface area contributed by atoms with E-state index in [0.29, 0.717) is 6.61 Å². The van der Waals surface area contributed by atoms with Gasteiger partial charge >= 0.3 is 0 Å². The molecule has 3 fully saturated rings. The normalized spacial score (nSPS) is 41.2. The van der Waals surface area contributed by atoms with Gasteiger partial charge in [0.2, 0.25) is 25.2 Å². The minimum atomic E-state index is -0.670. The van der Waals surface area contributed by atoms with E-state index >= 15 is 0 Å². The first-order chi connectivity index (χ1) is 10.7. The van der Waals surface area contributed by atoms with Crippen molar-refractivity contribution >= 4 is 0 Å². The third-order valence-electron chi connectivity index (χ3n) is 3.92. The molecule has 6 atom stereocenters. The van der Waals surface area contributed by atoms with Crippen molar-refractivity contribution in [2.45, 2.75) is 49.8 Å². The molecule has 0 spiro atoms. The van der Waals surface area contributed by atoms with Crippen LogP contribution >= 0.6 is 0 Å². The molecule has 9 heteroatoms. The highest BCUT2D eigenvalue weighted by atomic mass is 16.9. The van der Waals surface area contributed by atoms with Crippen molar-refractivity contribution in [2.75, 3.05) is 35.0 Å². The fourth-order valence-electron chi connectivity index (χ4n) is 2.85.